The number of aliphatic carboxylic acids is 1. The van der Waals surface area contributed by atoms with Crippen LogP contribution in [0.3, 0.4) is 0 Å². The van der Waals surface area contributed by atoms with Crippen molar-refractivity contribution in [3.8, 4) is 0 Å². The summed E-state index contributed by atoms with van der Waals surface area (Å²) in [6.45, 7) is 1.82. The number of hydrogen-bond acceptors (Lipinski definition) is 5. The average molecular weight is 557 g/mol. The fourth-order valence-electron chi connectivity index (χ4n) is 4.17. The Balaban J connectivity index is 2.25. The van der Waals surface area contributed by atoms with E-state index in [1.54, 1.807) is 0 Å². The largest absolute Gasteiger partial charge is 0.480 e. The molecule has 0 fully saturated rings. The number of urea groups is 1. The van der Waals surface area contributed by atoms with Gasteiger partial charge in [0.25, 0.3) is 10.0 Å². The summed E-state index contributed by atoms with van der Waals surface area (Å²) in [5.74, 6) is -2.97. The van der Waals surface area contributed by atoms with Crippen molar-refractivity contribution in [1.82, 2.24) is 5.32 Å². The van der Waals surface area contributed by atoms with Crippen LogP contribution in [0.4, 0.5) is 16.2 Å². The van der Waals surface area contributed by atoms with Gasteiger partial charge in [-0.1, -0.05) is 43.0 Å². The van der Waals surface area contributed by atoms with Crippen molar-refractivity contribution in [2.24, 2.45) is 5.73 Å². The summed E-state index contributed by atoms with van der Waals surface area (Å²) in [5.41, 5.74) is 6.25. The zero-order valence-corrected chi connectivity index (χ0v) is 21.9. The molecule has 10 nitrogen and oxygen atoms in total. The minimum atomic E-state index is -4.49. The maximum absolute atomic E-state index is 13.9. The number of primary amides is 1. The van der Waals surface area contributed by atoms with Crippen LogP contribution in [0, 0.1) is 0 Å². The van der Waals surface area contributed by atoms with Crippen molar-refractivity contribution in [2.75, 3.05) is 22.8 Å². The normalized spacial score (nSPS) is 15.8. The molecule has 2 unspecified atom stereocenters. The van der Waals surface area contributed by atoms with Crippen LogP contribution in [-0.4, -0.2) is 51.1 Å². The molecule has 2 aromatic rings. The molecule has 0 saturated heterocycles. The molecule has 3 rings (SSSR count). The highest BCUT2D eigenvalue weighted by molar-refractivity contribution is 7.93. The molecule has 0 aromatic heterocycles. The van der Waals surface area contributed by atoms with Gasteiger partial charge in [-0.2, -0.15) is 0 Å². The number of nitrogens with two attached hydrogens (primary N) is 1. The molecule has 36 heavy (non-hydrogen) atoms. The smallest absolute Gasteiger partial charge is 0.327 e. The summed E-state index contributed by atoms with van der Waals surface area (Å²) >= 11 is 12.1. The van der Waals surface area contributed by atoms with Gasteiger partial charge < -0.3 is 16.2 Å². The van der Waals surface area contributed by atoms with E-state index in [0.29, 0.717) is 24.1 Å². The van der Waals surface area contributed by atoms with Crippen LogP contribution >= 0.6 is 23.2 Å². The van der Waals surface area contributed by atoms with Gasteiger partial charge in [-0.05, 0) is 48.4 Å². The predicted molar refractivity (Wildman–Crippen MR) is 137 cm³/mol. The highest BCUT2D eigenvalue weighted by Gasteiger charge is 2.40. The Labute approximate surface area is 219 Å². The zero-order chi connectivity index (χ0) is 26.8. The topological polar surface area (TPSA) is 150 Å². The lowest BCUT2D eigenvalue weighted by molar-refractivity contribution is -0.138. The number of nitrogens with zero attached hydrogens (tertiary/aromatic N) is 2. The molecule has 0 aliphatic carbocycles. The summed E-state index contributed by atoms with van der Waals surface area (Å²) in [6.07, 6.45) is 1.11. The van der Waals surface area contributed by atoms with Crippen molar-refractivity contribution >= 4 is 62.5 Å². The van der Waals surface area contributed by atoms with E-state index in [-0.39, 0.29) is 33.6 Å². The second-order valence-electron chi connectivity index (χ2n) is 8.27. The standard InChI is InChI=1S/C23H26Cl2N4O6S/c1-3-4-5-20(22(31)32)29(36(34,35)16-9-13(24)8-14(25)10-16)15-6-7-19-17(11-15)18(21(26)30)12-28(19)23(33)27-2/h6-11,18,20H,3-5,12H2,1-2H3,(H2,26,30)(H,27,33)(H,31,32). The number of hydrogen-bond donors (Lipinski definition) is 3. The third-order valence-electron chi connectivity index (χ3n) is 5.89. The van der Waals surface area contributed by atoms with Crippen molar-refractivity contribution in [2.45, 2.75) is 43.0 Å². The first kappa shape index (κ1) is 27.6. The number of fused-ring (bicyclic) bond motifs is 1. The van der Waals surface area contributed by atoms with Crippen LogP contribution in [0.5, 0.6) is 0 Å². The Morgan fingerprint density at radius 1 is 1.19 bits per heavy atom. The van der Waals surface area contributed by atoms with E-state index in [1.807, 2.05) is 6.92 Å². The molecule has 0 bridgehead atoms. The molecule has 3 amide bonds. The number of anilines is 2. The van der Waals surface area contributed by atoms with E-state index in [1.165, 1.54) is 48.3 Å². The number of carboxylic acids is 1. The Morgan fingerprint density at radius 3 is 2.36 bits per heavy atom. The van der Waals surface area contributed by atoms with Gasteiger partial charge in [-0.3, -0.25) is 14.0 Å². The lowest BCUT2D eigenvalue weighted by atomic mass is 10.00. The number of nitrogens with one attached hydrogen (secondary N) is 1. The number of sulfonamides is 1. The number of carbonyl (C=O) groups excluding carboxylic acids is 2. The van der Waals surface area contributed by atoms with Crippen molar-refractivity contribution in [3.05, 3.63) is 52.0 Å². The van der Waals surface area contributed by atoms with Crippen molar-refractivity contribution < 1.29 is 27.9 Å². The monoisotopic (exact) mass is 556 g/mol. The Hall–Kier alpha value is -3.02. The summed E-state index contributed by atoms with van der Waals surface area (Å²) in [6, 6.07) is 6.03. The fraction of sp³-hybridized carbons (Fsp3) is 0.348. The van der Waals surface area contributed by atoms with Crippen LogP contribution < -0.4 is 20.3 Å². The van der Waals surface area contributed by atoms with Crippen LogP contribution in [0.2, 0.25) is 10.0 Å². The molecule has 1 aliphatic heterocycles. The van der Waals surface area contributed by atoms with Crippen LogP contribution in [-0.2, 0) is 19.6 Å². The molecule has 0 saturated carbocycles. The van der Waals surface area contributed by atoms with Gasteiger partial charge >= 0.3 is 12.0 Å². The summed E-state index contributed by atoms with van der Waals surface area (Å²) in [5, 5.41) is 12.6. The van der Waals surface area contributed by atoms with Gasteiger partial charge in [0.2, 0.25) is 5.91 Å². The first-order valence-corrected chi connectivity index (χ1v) is 13.3. The van der Waals surface area contributed by atoms with E-state index in [4.69, 9.17) is 28.9 Å². The lowest BCUT2D eigenvalue weighted by Gasteiger charge is -2.31. The SMILES string of the molecule is CCCCC(C(=O)O)N(c1ccc2c(c1)C(C(N)=O)CN2C(=O)NC)S(=O)(=O)c1cc(Cl)cc(Cl)c1. The van der Waals surface area contributed by atoms with Gasteiger partial charge in [0.1, 0.15) is 6.04 Å². The fourth-order valence-corrected chi connectivity index (χ4v) is 6.53. The molecule has 1 heterocycles. The second-order valence-corrected chi connectivity index (χ2v) is 11.0. The number of unbranched alkanes of at least 4 members (excludes halogenated alkanes) is 1. The minimum Gasteiger partial charge on any atom is -0.480 e. The lowest BCUT2D eigenvalue weighted by Crippen LogP contribution is -2.45. The maximum Gasteiger partial charge on any atom is 0.327 e. The molecule has 2 aromatic carbocycles. The van der Waals surface area contributed by atoms with Gasteiger partial charge in [-0.25, -0.2) is 18.0 Å². The molecule has 2 atom stereocenters. The highest BCUT2D eigenvalue weighted by atomic mass is 35.5. The molecule has 194 valence electrons. The average Bonchev–Trinajstić information content (AvgIpc) is 3.19. The molecule has 0 radical (unpaired) electrons. The number of halogens is 2. The predicted octanol–water partition coefficient (Wildman–Crippen LogP) is 3.56. The van der Waals surface area contributed by atoms with Crippen LogP contribution in [0.15, 0.2) is 41.3 Å². The molecule has 4 N–H and O–H groups in total. The Bertz CT molecular complexity index is 1280. The first-order chi connectivity index (χ1) is 16.9. The number of carboxylic acid groups (broad SMARTS) is 1. The minimum absolute atomic E-state index is 0.00152. The summed E-state index contributed by atoms with van der Waals surface area (Å²) in [4.78, 5) is 37.9. The molecule has 1 aliphatic rings. The molecule has 13 heteroatoms. The first-order valence-electron chi connectivity index (χ1n) is 11.1. The number of benzene rings is 2. The zero-order valence-electron chi connectivity index (χ0n) is 19.6. The third-order valence-corrected chi connectivity index (χ3v) is 8.14. The maximum atomic E-state index is 13.9. The van der Waals surface area contributed by atoms with Crippen LogP contribution in [0.1, 0.15) is 37.7 Å². The summed E-state index contributed by atoms with van der Waals surface area (Å²) in [7, 11) is -3.05. The number of amides is 3. The number of rotatable bonds is 9. The quantitative estimate of drug-likeness (QED) is 0.429. The van der Waals surface area contributed by atoms with Gasteiger partial charge in [-0.15, -0.1) is 0 Å². The highest BCUT2D eigenvalue weighted by Crippen LogP contribution is 2.41. The second kappa shape index (κ2) is 10.9. The van der Waals surface area contributed by atoms with Gasteiger partial charge in [0, 0.05) is 29.3 Å². The van der Waals surface area contributed by atoms with Crippen molar-refractivity contribution in [3.63, 3.8) is 0 Å². The van der Waals surface area contributed by atoms with E-state index in [0.717, 1.165) is 4.31 Å². The van der Waals surface area contributed by atoms with E-state index in [2.05, 4.69) is 5.32 Å². The van der Waals surface area contributed by atoms with Gasteiger partial charge in [0.15, 0.2) is 0 Å². The molecular weight excluding hydrogens is 531 g/mol. The van der Waals surface area contributed by atoms with E-state index < -0.39 is 39.9 Å². The summed E-state index contributed by atoms with van der Waals surface area (Å²) < 4.78 is 28.5. The van der Waals surface area contributed by atoms with Gasteiger partial charge in [0.05, 0.1) is 16.5 Å². The van der Waals surface area contributed by atoms with E-state index in [9.17, 15) is 27.9 Å². The van der Waals surface area contributed by atoms with E-state index >= 15 is 0 Å². The molecular formula is C23H26Cl2N4O6S. The van der Waals surface area contributed by atoms with Crippen LogP contribution in [0.25, 0.3) is 0 Å². The Kier molecular flexibility index (Phi) is 8.37. The molecule has 0 spiro atoms. The Morgan fingerprint density at radius 2 is 1.83 bits per heavy atom. The van der Waals surface area contributed by atoms with Crippen molar-refractivity contribution in [1.29, 1.82) is 0 Å². The third kappa shape index (κ3) is 5.37. The number of carbonyl (C=O) groups is 3.